The number of halogens is 4. The van der Waals surface area contributed by atoms with Crippen molar-refractivity contribution in [1.82, 2.24) is 9.97 Å². The number of amides is 1. The molecule has 3 rings (SSSR count). The zero-order valence-electron chi connectivity index (χ0n) is 18.5. The van der Waals surface area contributed by atoms with E-state index in [4.69, 9.17) is 5.73 Å². The van der Waals surface area contributed by atoms with Crippen LogP contribution in [0.4, 0.5) is 17.6 Å². The third-order valence-corrected chi connectivity index (χ3v) is 6.59. The molecule has 1 amide bonds. The number of primary amides is 1. The summed E-state index contributed by atoms with van der Waals surface area (Å²) in [5.41, 5.74) is 0.633. The first-order valence-electron chi connectivity index (χ1n) is 10.0. The van der Waals surface area contributed by atoms with Gasteiger partial charge in [-0.2, -0.15) is 13.2 Å². The van der Waals surface area contributed by atoms with Crippen molar-refractivity contribution < 1.29 is 35.9 Å². The molecule has 1 aromatic carbocycles. The molecule has 0 bridgehead atoms. The first-order chi connectivity index (χ1) is 15.4. The van der Waals surface area contributed by atoms with Gasteiger partial charge in [-0.15, -0.1) is 0 Å². The van der Waals surface area contributed by atoms with Gasteiger partial charge in [0, 0.05) is 23.9 Å². The summed E-state index contributed by atoms with van der Waals surface area (Å²) < 4.78 is 79.7. The molecule has 12 heteroatoms. The molecule has 2 aromatic heterocycles. The molecule has 7 nitrogen and oxygen atoms in total. The van der Waals surface area contributed by atoms with Crippen molar-refractivity contribution in [3.05, 3.63) is 59.0 Å². The Labute approximate surface area is 192 Å². The standard InChI is InChI=1S/C22H23F4N3O4S/c1-20(2,15-8-12(23)4-5-14(15)19(27)30)11-21(31,22(24,25)26)10-13-9-17-16(28-13)6-7-18(29-17)34(3,32)33/h4-9,28,31H,10-11H2,1-3H3,(H2,27,30). The van der Waals surface area contributed by atoms with E-state index in [9.17, 15) is 35.9 Å². The maximum Gasteiger partial charge on any atom is 0.417 e. The summed E-state index contributed by atoms with van der Waals surface area (Å²) in [5, 5.41) is 10.6. The molecule has 0 spiro atoms. The van der Waals surface area contributed by atoms with Crippen LogP contribution < -0.4 is 5.73 Å². The van der Waals surface area contributed by atoms with Gasteiger partial charge in [0.2, 0.25) is 5.91 Å². The largest absolute Gasteiger partial charge is 0.417 e. The minimum Gasteiger partial charge on any atom is -0.380 e. The quantitative estimate of drug-likeness (QED) is 0.428. The fourth-order valence-electron chi connectivity index (χ4n) is 4.04. The van der Waals surface area contributed by atoms with Crippen molar-refractivity contribution in [2.24, 2.45) is 5.73 Å². The van der Waals surface area contributed by atoms with Crippen LogP contribution in [0.1, 0.15) is 41.9 Å². The van der Waals surface area contributed by atoms with E-state index in [0.717, 1.165) is 24.5 Å². The Morgan fingerprint density at radius 2 is 1.79 bits per heavy atom. The Bertz CT molecular complexity index is 1370. The van der Waals surface area contributed by atoms with Crippen LogP contribution in [0.2, 0.25) is 0 Å². The Hall–Kier alpha value is -2.99. The molecule has 3 aromatic rings. The van der Waals surface area contributed by atoms with E-state index in [1.807, 2.05) is 0 Å². The van der Waals surface area contributed by atoms with Gasteiger partial charge < -0.3 is 15.8 Å². The van der Waals surface area contributed by atoms with Crippen LogP contribution in [-0.4, -0.2) is 47.4 Å². The Kier molecular flexibility index (Phi) is 6.29. The number of aromatic amines is 1. The first kappa shape index (κ1) is 25.6. The maximum atomic E-state index is 14.1. The SMILES string of the molecule is CC(C)(CC(O)(Cc1cc2nc(S(C)(=O)=O)ccc2[nH]1)C(F)(F)F)c1cc(F)ccc1C(N)=O. The lowest BCUT2D eigenvalue weighted by molar-refractivity contribution is -0.266. The average molecular weight is 502 g/mol. The molecule has 0 aliphatic carbocycles. The summed E-state index contributed by atoms with van der Waals surface area (Å²) in [7, 11) is -3.64. The summed E-state index contributed by atoms with van der Waals surface area (Å²) in [6.07, 6.45) is -6.00. The van der Waals surface area contributed by atoms with Gasteiger partial charge in [0.25, 0.3) is 0 Å². The number of fused-ring (bicyclic) bond motifs is 1. The molecule has 0 fully saturated rings. The Balaban J connectivity index is 2.03. The first-order valence-corrected chi connectivity index (χ1v) is 11.9. The van der Waals surface area contributed by atoms with Crippen molar-refractivity contribution in [1.29, 1.82) is 0 Å². The van der Waals surface area contributed by atoms with Crippen molar-refractivity contribution >= 4 is 26.8 Å². The van der Waals surface area contributed by atoms with Crippen LogP contribution in [0.25, 0.3) is 11.0 Å². The summed E-state index contributed by atoms with van der Waals surface area (Å²) in [6, 6.07) is 6.79. The highest BCUT2D eigenvalue weighted by molar-refractivity contribution is 7.90. The number of carbonyl (C=O) groups excluding carboxylic acids is 1. The fraction of sp³-hybridized carbons (Fsp3) is 0.364. The number of hydrogen-bond acceptors (Lipinski definition) is 5. The van der Waals surface area contributed by atoms with Crippen LogP contribution in [0, 0.1) is 5.82 Å². The zero-order chi connectivity index (χ0) is 25.7. The summed E-state index contributed by atoms with van der Waals surface area (Å²) in [5.74, 6) is -1.71. The van der Waals surface area contributed by atoms with Crippen molar-refractivity contribution in [3.8, 4) is 0 Å². The van der Waals surface area contributed by atoms with E-state index in [1.54, 1.807) is 0 Å². The third kappa shape index (κ3) is 5.07. The molecular weight excluding hydrogens is 478 g/mol. The van der Waals surface area contributed by atoms with Gasteiger partial charge in [-0.05, 0) is 53.8 Å². The minimum absolute atomic E-state index is 0.0434. The van der Waals surface area contributed by atoms with Gasteiger partial charge in [0.05, 0.1) is 11.0 Å². The van der Waals surface area contributed by atoms with Crippen LogP contribution in [0.15, 0.2) is 41.4 Å². The lowest BCUT2D eigenvalue weighted by Gasteiger charge is -2.38. The predicted molar refractivity (Wildman–Crippen MR) is 116 cm³/mol. The summed E-state index contributed by atoms with van der Waals surface area (Å²) in [6.45, 7) is 2.69. The number of alkyl halides is 3. The van der Waals surface area contributed by atoms with Gasteiger partial charge in [-0.25, -0.2) is 17.8 Å². The average Bonchev–Trinajstić information content (AvgIpc) is 3.06. The van der Waals surface area contributed by atoms with E-state index in [2.05, 4.69) is 9.97 Å². The summed E-state index contributed by atoms with van der Waals surface area (Å²) in [4.78, 5) is 18.5. The number of carbonyl (C=O) groups is 1. The maximum absolute atomic E-state index is 14.1. The van der Waals surface area contributed by atoms with Gasteiger partial charge in [-0.1, -0.05) is 13.8 Å². The van der Waals surface area contributed by atoms with Crippen LogP contribution in [-0.2, 0) is 21.7 Å². The molecule has 184 valence electrons. The van der Waals surface area contributed by atoms with Gasteiger partial charge in [0.1, 0.15) is 5.82 Å². The molecule has 2 heterocycles. The van der Waals surface area contributed by atoms with Crippen LogP contribution in [0.5, 0.6) is 0 Å². The monoisotopic (exact) mass is 501 g/mol. The number of rotatable bonds is 7. The van der Waals surface area contributed by atoms with E-state index in [-0.39, 0.29) is 32.9 Å². The molecule has 0 saturated carbocycles. The smallest absolute Gasteiger partial charge is 0.380 e. The van der Waals surface area contributed by atoms with Crippen molar-refractivity contribution in [2.75, 3.05) is 6.26 Å². The topological polar surface area (TPSA) is 126 Å². The van der Waals surface area contributed by atoms with E-state index >= 15 is 0 Å². The van der Waals surface area contributed by atoms with Gasteiger partial charge >= 0.3 is 6.18 Å². The number of nitrogens with two attached hydrogens (primary N) is 1. The molecule has 1 atom stereocenters. The molecule has 0 aliphatic heterocycles. The molecule has 1 unspecified atom stereocenters. The molecular formula is C22H23F4N3O4S. The number of H-pyrrole nitrogens is 1. The highest BCUT2D eigenvalue weighted by Crippen LogP contribution is 2.44. The number of benzene rings is 1. The van der Waals surface area contributed by atoms with Gasteiger partial charge in [0.15, 0.2) is 20.5 Å². The van der Waals surface area contributed by atoms with E-state index < -0.39 is 51.6 Å². The normalized spacial score (nSPS) is 14.8. The van der Waals surface area contributed by atoms with Crippen molar-refractivity contribution in [2.45, 2.75) is 48.9 Å². The van der Waals surface area contributed by atoms with Crippen LogP contribution in [0.3, 0.4) is 0 Å². The number of aromatic nitrogens is 2. The van der Waals surface area contributed by atoms with Crippen molar-refractivity contribution in [3.63, 3.8) is 0 Å². The number of pyridine rings is 1. The lowest BCUT2D eigenvalue weighted by Crippen LogP contribution is -2.51. The zero-order valence-corrected chi connectivity index (χ0v) is 19.3. The Morgan fingerprint density at radius 3 is 2.35 bits per heavy atom. The van der Waals surface area contributed by atoms with Crippen LogP contribution >= 0.6 is 0 Å². The van der Waals surface area contributed by atoms with E-state index in [0.29, 0.717) is 0 Å². The second-order valence-corrected chi connectivity index (χ2v) is 10.9. The predicted octanol–water partition coefficient (Wildman–Crippen LogP) is 3.41. The molecule has 0 aliphatic rings. The minimum atomic E-state index is -5.10. The fourth-order valence-corrected chi connectivity index (χ4v) is 4.62. The highest BCUT2D eigenvalue weighted by atomic mass is 32.2. The van der Waals surface area contributed by atoms with E-state index in [1.165, 1.54) is 32.0 Å². The second-order valence-electron chi connectivity index (χ2n) is 8.97. The number of hydrogen-bond donors (Lipinski definition) is 3. The second kappa shape index (κ2) is 8.35. The number of aliphatic hydroxyl groups is 1. The molecule has 0 radical (unpaired) electrons. The number of nitrogens with one attached hydrogen (secondary N) is 1. The highest BCUT2D eigenvalue weighted by Gasteiger charge is 2.56. The molecule has 0 saturated heterocycles. The number of sulfone groups is 1. The van der Waals surface area contributed by atoms with Gasteiger partial charge in [-0.3, -0.25) is 4.79 Å². The lowest BCUT2D eigenvalue weighted by atomic mass is 9.72. The summed E-state index contributed by atoms with van der Waals surface area (Å²) >= 11 is 0. The Morgan fingerprint density at radius 1 is 1.15 bits per heavy atom. The third-order valence-electron chi connectivity index (χ3n) is 5.61. The molecule has 4 N–H and O–H groups in total. The molecule has 34 heavy (non-hydrogen) atoms. The number of nitrogens with zero attached hydrogens (tertiary/aromatic N) is 1.